The number of para-hydroxylation sites is 2. The Balaban J connectivity index is 1.83. The maximum absolute atomic E-state index is 3.79. The highest BCUT2D eigenvalue weighted by atomic mass is 14.8. The Kier molecular flexibility index (Phi) is 3.80. The molecule has 0 bridgehead atoms. The zero-order valence-electron chi connectivity index (χ0n) is 18.3. The molecule has 33 heavy (non-hydrogen) atoms. The topological polar surface area (TPSA) is 31.6 Å². The average molecular weight is 423 g/mol. The van der Waals surface area contributed by atoms with Crippen molar-refractivity contribution in [3.63, 3.8) is 0 Å². The van der Waals surface area contributed by atoms with E-state index in [9.17, 15) is 0 Å². The smallest absolute Gasteiger partial charge is 0.0573 e. The molecule has 0 atom stereocenters. The van der Waals surface area contributed by atoms with Gasteiger partial charge in [-0.25, -0.2) is 0 Å². The number of hydrogen-bond acceptors (Lipinski definition) is 0. The van der Waals surface area contributed by atoms with Crippen LogP contribution in [-0.2, 0) is 0 Å². The molecule has 0 aliphatic rings. The standard InChI is InChI=1S/C31H22N2/c1-19-10-9-13-21(18-19)27-26(20-11-3-2-4-12-20)28-22-14-5-7-16-24(22)33-31(28)29-23-15-6-8-17-25(23)32-30(27)29/h2-18,32-33H,1H3. The summed E-state index contributed by atoms with van der Waals surface area (Å²) in [7, 11) is 0. The van der Waals surface area contributed by atoms with Crippen molar-refractivity contribution in [3.05, 3.63) is 109 Å². The third kappa shape index (κ3) is 2.61. The van der Waals surface area contributed by atoms with E-state index in [1.54, 1.807) is 0 Å². The quantitative estimate of drug-likeness (QED) is 0.279. The van der Waals surface area contributed by atoms with E-state index in [1.807, 2.05) is 0 Å². The molecule has 2 heteroatoms. The van der Waals surface area contributed by atoms with Crippen LogP contribution >= 0.6 is 0 Å². The third-order valence-corrected chi connectivity index (χ3v) is 6.78. The predicted octanol–water partition coefficient (Wildman–Crippen LogP) is 8.60. The lowest BCUT2D eigenvalue weighted by Crippen LogP contribution is -1.90. The van der Waals surface area contributed by atoms with E-state index in [2.05, 4.69) is 120 Å². The summed E-state index contributed by atoms with van der Waals surface area (Å²) in [6.07, 6.45) is 0. The summed E-state index contributed by atoms with van der Waals surface area (Å²) >= 11 is 0. The van der Waals surface area contributed by atoms with Crippen molar-refractivity contribution in [2.24, 2.45) is 0 Å². The molecule has 0 unspecified atom stereocenters. The van der Waals surface area contributed by atoms with E-state index in [0.29, 0.717) is 0 Å². The Morgan fingerprint density at radius 1 is 0.485 bits per heavy atom. The van der Waals surface area contributed by atoms with Gasteiger partial charge in [0, 0.05) is 43.7 Å². The molecule has 0 saturated heterocycles. The van der Waals surface area contributed by atoms with E-state index in [4.69, 9.17) is 0 Å². The van der Waals surface area contributed by atoms with Crippen LogP contribution in [0.4, 0.5) is 0 Å². The lowest BCUT2D eigenvalue weighted by molar-refractivity contribution is 1.46. The van der Waals surface area contributed by atoms with E-state index >= 15 is 0 Å². The van der Waals surface area contributed by atoms with Gasteiger partial charge in [-0.3, -0.25) is 0 Å². The number of aryl methyl sites for hydroxylation is 1. The molecular formula is C31H22N2. The molecule has 0 spiro atoms. The van der Waals surface area contributed by atoms with Crippen molar-refractivity contribution >= 4 is 43.6 Å². The molecule has 156 valence electrons. The fourth-order valence-corrected chi connectivity index (χ4v) is 5.41. The lowest BCUT2D eigenvalue weighted by Gasteiger charge is -2.15. The Hall–Kier alpha value is -4.30. The molecule has 0 fully saturated rings. The van der Waals surface area contributed by atoms with Gasteiger partial charge in [-0.1, -0.05) is 96.6 Å². The third-order valence-electron chi connectivity index (χ3n) is 6.78. The van der Waals surface area contributed by atoms with Crippen molar-refractivity contribution < 1.29 is 0 Å². The molecule has 2 N–H and O–H groups in total. The minimum absolute atomic E-state index is 1.16. The maximum Gasteiger partial charge on any atom is 0.0573 e. The van der Waals surface area contributed by atoms with Crippen LogP contribution in [0.5, 0.6) is 0 Å². The summed E-state index contributed by atoms with van der Waals surface area (Å²) in [5.74, 6) is 0. The molecule has 0 amide bonds. The number of aromatic amines is 2. The van der Waals surface area contributed by atoms with Crippen molar-refractivity contribution in [1.82, 2.24) is 9.97 Å². The van der Waals surface area contributed by atoms with Gasteiger partial charge in [-0.2, -0.15) is 0 Å². The molecule has 5 aromatic carbocycles. The van der Waals surface area contributed by atoms with Crippen LogP contribution in [0.3, 0.4) is 0 Å². The van der Waals surface area contributed by atoms with Gasteiger partial charge in [-0.05, 0) is 30.2 Å². The number of benzene rings is 5. The van der Waals surface area contributed by atoms with Crippen LogP contribution in [0.2, 0.25) is 0 Å². The minimum atomic E-state index is 1.16. The van der Waals surface area contributed by atoms with E-state index in [1.165, 1.54) is 60.4 Å². The number of rotatable bonds is 2. The zero-order valence-corrected chi connectivity index (χ0v) is 18.3. The summed E-state index contributed by atoms with van der Waals surface area (Å²) in [6.45, 7) is 2.16. The number of hydrogen-bond donors (Lipinski definition) is 2. The van der Waals surface area contributed by atoms with Gasteiger partial charge in [0.05, 0.1) is 11.0 Å². The molecule has 0 radical (unpaired) electrons. The largest absolute Gasteiger partial charge is 0.354 e. The van der Waals surface area contributed by atoms with Gasteiger partial charge in [-0.15, -0.1) is 0 Å². The number of H-pyrrole nitrogens is 2. The van der Waals surface area contributed by atoms with Gasteiger partial charge in [0.2, 0.25) is 0 Å². The molecule has 2 aromatic heterocycles. The molecule has 0 aliphatic carbocycles. The van der Waals surface area contributed by atoms with Crippen LogP contribution < -0.4 is 0 Å². The lowest BCUT2D eigenvalue weighted by atomic mass is 9.88. The molecule has 7 aromatic rings. The summed E-state index contributed by atoms with van der Waals surface area (Å²) in [5, 5.41) is 5.04. The first-order valence-electron chi connectivity index (χ1n) is 11.4. The van der Waals surface area contributed by atoms with Crippen molar-refractivity contribution in [2.75, 3.05) is 0 Å². The van der Waals surface area contributed by atoms with Crippen molar-refractivity contribution in [2.45, 2.75) is 6.92 Å². The van der Waals surface area contributed by atoms with E-state index in [0.717, 1.165) is 11.0 Å². The number of fused-ring (bicyclic) bond motifs is 7. The molecule has 7 rings (SSSR count). The fourth-order valence-electron chi connectivity index (χ4n) is 5.41. The summed E-state index contributed by atoms with van der Waals surface area (Å²) < 4.78 is 0. The first kappa shape index (κ1) is 18.3. The minimum Gasteiger partial charge on any atom is -0.354 e. The second-order valence-electron chi connectivity index (χ2n) is 8.83. The van der Waals surface area contributed by atoms with Crippen LogP contribution in [0.1, 0.15) is 5.56 Å². The Morgan fingerprint density at radius 2 is 1.09 bits per heavy atom. The molecule has 0 saturated carbocycles. The summed E-state index contributed by atoms with van der Waals surface area (Å²) in [4.78, 5) is 7.57. The van der Waals surface area contributed by atoms with Crippen LogP contribution in [-0.4, -0.2) is 9.97 Å². The zero-order chi connectivity index (χ0) is 21.9. The highest BCUT2D eigenvalue weighted by Gasteiger charge is 2.23. The molecule has 2 heterocycles. The van der Waals surface area contributed by atoms with Gasteiger partial charge in [0.15, 0.2) is 0 Å². The first-order valence-corrected chi connectivity index (χ1v) is 11.4. The van der Waals surface area contributed by atoms with Gasteiger partial charge in [0.25, 0.3) is 0 Å². The highest BCUT2D eigenvalue weighted by Crippen LogP contribution is 2.48. The summed E-state index contributed by atoms with van der Waals surface area (Å²) in [6, 6.07) is 36.9. The second kappa shape index (κ2) is 6.85. The molecule has 2 nitrogen and oxygen atoms in total. The normalized spacial score (nSPS) is 11.8. The molecular weight excluding hydrogens is 400 g/mol. The van der Waals surface area contributed by atoms with Crippen LogP contribution in [0, 0.1) is 6.92 Å². The Bertz CT molecular complexity index is 1820. The van der Waals surface area contributed by atoms with Crippen LogP contribution in [0.15, 0.2) is 103 Å². The average Bonchev–Trinajstić information content (AvgIpc) is 3.42. The van der Waals surface area contributed by atoms with Gasteiger partial charge in [0.1, 0.15) is 0 Å². The Morgan fingerprint density at radius 3 is 1.82 bits per heavy atom. The van der Waals surface area contributed by atoms with E-state index in [-0.39, 0.29) is 0 Å². The maximum atomic E-state index is 3.79. The van der Waals surface area contributed by atoms with Crippen molar-refractivity contribution in [1.29, 1.82) is 0 Å². The Labute approximate surface area is 191 Å². The predicted molar refractivity (Wildman–Crippen MR) is 141 cm³/mol. The van der Waals surface area contributed by atoms with Gasteiger partial charge < -0.3 is 9.97 Å². The van der Waals surface area contributed by atoms with Crippen LogP contribution in [0.25, 0.3) is 65.9 Å². The van der Waals surface area contributed by atoms with Gasteiger partial charge >= 0.3 is 0 Å². The number of aromatic nitrogens is 2. The molecule has 0 aliphatic heterocycles. The second-order valence-corrected chi connectivity index (χ2v) is 8.83. The fraction of sp³-hybridized carbons (Fsp3) is 0.0323. The highest BCUT2D eigenvalue weighted by molar-refractivity contribution is 6.32. The monoisotopic (exact) mass is 422 g/mol. The number of nitrogens with one attached hydrogen (secondary N) is 2. The first-order chi connectivity index (χ1) is 16.3. The SMILES string of the molecule is Cc1cccc(-c2c(-c3ccccc3)c3c4ccccc4[nH]c3c3c2[nH]c2ccccc23)c1. The summed E-state index contributed by atoms with van der Waals surface area (Å²) in [5.41, 5.74) is 10.9. The van der Waals surface area contributed by atoms with E-state index < -0.39 is 0 Å². The van der Waals surface area contributed by atoms with Crippen molar-refractivity contribution in [3.8, 4) is 22.3 Å².